The Hall–Kier alpha value is -0.300. The zero-order valence-corrected chi connectivity index (χ0v) is 20.1. The molecule has 4 rings (SSSR count). The summed E-state index contributed by atoms with van der Waals surface area (Å²) in [6.45, 7) is 17.3. The summed E-state index contributed by atoms with van der Waals surface area (Å²) in [6, 6.07) is 0. The minimum atomic E-state index is 0.198. The van der Waals surface area contributed by atoms with Crippen molar-refractivity contribution in [1.82, 2.24) is 0 Å². The lowest BCUT2D eigenvalue weighted by molar-refractivity contribution is -0.0197. The van der Waals surface area contributed by atoms with Crippen molar-refractivity contribution in [1.29, 1.82) is 0 Å². The fourth-order valence-corrected chi connectivity index (χ4v) is 9.88. The number of allylic oxidation sites excluding steroid dienone is 1. The minimum absolute atomic E-state index is 0.198. The fourth-order valence-electron chi connectivity index (χ4n) is 9.88. The lowest BCUT2D eigenvalue weighted by atomic mass is 9.54. The van der Waals surface area contributed by atoms with E-state index in [0.29, 0.717) is 23.4 Å². The second kappa shape index (κ2) is 7.68. The van der Waals surface area contributed by atoms with Crippen LogP contribution in [-0.4, -0.2) is 11.7 Å². The van der Waals surface area contributed by atoms with Crippen LogP contribution in [0.3, 0.4) is 0 Å². The molecule has 0 heterocycles. The first-order chi connectivity index (χ1) is 13.7. The van der Waals surface area contributed by atoms with Gasteiger partial charge in [0.2, 0.25) is 0 Å². The molecule has 0 aromatic carbocycles. The quantitative estimate of drug-likeness (QED) is 0.439. The third kappa shape index (κ3) is 3.03. The van der Waals surface area contributed by atoms with Crippen LogP contribution < -0.4 is 0 Å². The maximum atomic E-state index is 10.2. The van der Waals surface area contributed by atoms with Gasteiger partial charge >= 0.3 is 0 Å². The Morgan fingerprint density at radius 1 is 1.00 bits per heavy atom. The van der Waals surface area contributed by atoms with E-state index < -0.39 is 0 Å². The number of aliphatic hydroxyl groups is 1. The van der Waals surface area contributed by atoms with Gasteiger partial charge in [-0.05, 0) is 103 Å². The van der Waals surface area contributed by atoms with Gasteiger partial charge in [-0.15, -0.1) is 6.58 Å². The molecule has 0 unspecified atom stereocenters. The molecule has 4 saturated carbocycles. The van der Waals surface area contributed by atoms with Gasteiger partial charge in [0, 0.05) is 6.61 Å². The van der Waals surface area contributed by atoms with Crippen molar-refractivity contribution in [2.45, 2.75) is 98.8 Å². The summed E-state index contributed by atoms with van der Waals surface area (Å²) in [5, 5.41) is 10.2. The van der Waals surface area contributed by atoms with E-state index in [1.807, 2.05) is 0 Å². The summed E-state index contributed by atoms with van der Waals surface area (Å²) in [6.07, 6.45) is 16.2. The van der Waals surface area contributed by atoms with E-state index in [4.69, 9.17) is 0 Å². The molecule has 0 radical (unpaired) electrons. The first-order valence-electron chi connectivity index (χ1n) is 13.0. The molecule has 0 amide bonds. The number of aliphatic hydroxyl groups excluding tert-OH is 1. The molecule has 0 aliphatic heterocycles. The van der Waals surface area contributed by atoms with Crippen molar-refractivity contribution in [2.75, 3.05) is 6.61 Å². The predicted octanol–water partition coefficient (Wildman–Crippen LogP) is 7.49. The Morgan fingerprint density at radius 3 is 2.41 bits per heavy atom. The molecule has 29 heavy (non-hydrogen) atoms. The molecule has 166 valence electrons. The standard InChI is InChI=1S/C28H48O/c1-7-28-17-22-24-12-11-23(20(4)10-8-9-19(2)3)26(24,5)15-14-25(22)27(28,6)16-13-21(28)18-29/h7,19-25,29H,1,8-18H2,2-6H3/t20-,21-,22+,23-,24+,25+,26-,27-,28-/m1/s1. The summed E-state index contributed by atoms with van der Waals surface area (Å²) < 4.78 is 0. The monoisotopic (exact) mass is 400 g/mol. The van der Waals surface area contributed by atoms with Gasteiger partial charge in [0.25, 0.3) is 0 Å². The SMILES string of the molecule is C=C[C@]12C[C@H]3[C@@H]4CC[C@H]([C@H](C)CCCC(C)C)[C@@]4(C)CC[C@@H]3[C@@]1(C)CC[C@@H]2CO. The zero-order chi connectivity index (χ0) is 21.0. The molecule has 4 aliphatic carbocycles. The molecule has 1 N–H and O–H groups in total. The highest BCUT2D eigenvalue weighted by atomic mass is 16.3. The van der Waals surface area contributed by atoms with Crippen LogP contribution in [0.5, 0.6) is 0 Å². The second-order valence-corrected chi connectivity index (χ2v) is 12.7. The van der Waals surface area contributed by atoms with E-state index in [9.17, 15) is 5.11 Å². The predicted molar refractivity (Wildman–Crippen MR) is 124 cm³/mol. The largest absolute Gasteiger partial charge is 0.396 e. The summed E-state index contributed by atoms with van der Waals surface area (Å²) in [5.41, 5.74) is 1.14. The molecule has 0 spiro atoms. The Kier molecular flexibility index (Phi) is 5.81. The third-order valence-electron chi connectivity index (χ3n) is 11.4. The lowest BCUT2D eigenvalue weighted by Gasteiger charge is -2.51. The van der Waals surface area contributed by atoms with Gasteiger partial charge in [0.15, 0.2) is 0 Å². The molecule has 1 heteroatoms. The summed E-state index contributed by atoms with van der Waals surface area (Å²) in [4.78, 5) is 0. The molecule has 0 aromatic heterocycles. The lowest BCUT2D eigenvalue weighted by Crippen LogP contribution is -2.44. The van der Waals surface area contributed by atoms with Crippen molar-refractivity contribution < 1.29 is 5.11 Å². The molecule has 1 nitrogen and oxygen atoms in total. The summed E-state index contributed by atoms with van der Waals surface area (Å²) in [7, 11) is 0. The second-order valence-electron chi connectivity index (χ2n) is 12.7. The Morgan fingerprint density at radius 2 is 1.76 bits per heavy atom. The highest BCUT2D eigenvalue weighted by Gasteiger charge is 2.69. The molecular weight excluding hydrogens is 352 g/mol. The van der Waals surface area contributed by atoms with E-state index in [-0.39, 0.29) is 5.41 Å². The normalized spacial score (nSPS) is 49.7. The Bertz CT molecular complexity index is 609. The maximum Gasteiger partial charge on any atom is 0.0467 e. The van der Waals surface area contributed by atoms with E-state index >= 15 is 0 Å². The third-order valence-corrected chi connectivity index (χ3v) is 11.4. The molecule has 4 fully saturated rings. The average Bonchev–Trinajstić information content (AvgIpc) is 3.24. The molecule has 0 saturated heterocycles. The number of rotatable bonds is 7. The topological polar surface area (TPSA) is 20.2 Å². The van der Waals surface area contributed by atoms with Gasteiger partial charge in [0.1, 0.15) is 0 Å². The summed E-state index contributed by atoms with van der Waals surface area (Å²) in [5.74, 6) is 5.77. The van der Waals surface area contributed by atoms with Gasteiger partial charge in [-0.2, -0.15) is 0 Å². The van der Waals surface area contributed by atoms with Gasteiger partial charge in [-0.25, -0.2) is 0 Å². The highest BCUT2D eigenvalue weighted by Crippen LogP contribution is 2.76. The zero-order valence-electron chi connectivity index (χ0n) is 20.1. The van der Waals surface area contributed by atoms with Crippen LogP contribution in [0.15, 0.2) is 12.7 Å². The first kappa shape index (κ1) is 21.9. The van der Waals surface area contributed by atoms with Gasteiger partial charge in [-0.1, -0.05) is 60.0 Å². The van der Waals surface area contributed by atoms with Crippen molar-refractivity contribution in [2.24, 2.45) is 57.7 Å². The molecular formula is C28H48O. The van der Waals surface area contributed by atoms with Crippen LogP contribution in [0.4, 0.5) is 0 Å². The van der Waals surface area contributed by atoms with Crippen LogP contribution >= 0.6 is 0 Å². The van der Waals surface area contributed by atoms with Crippen LogP contribution in [0.25, 0.3) is 0 Å². The van der Waals surface area contributed by atoms with E-state index in [2.05, 4.69) is 47.3 Å². The Balaban J connectivity index is 1.54. The number of hydrogen-bond acceptors (Lipinski definition) is 1. The van der Waals surface area contributed by atoms with Crippen LogP contribution in [0.1, 0.15) is 98.8 Å². The molecule has 4 aliphatic rings. The number of hydrogen-bond donors (Lipinski definition) is 1. The van der Waals surface area contributed by atoms with Crippen molar-refractivity contribution in [3.05, 3.63) is 12.7 Å². The first-order valence-corrected chi connectivity index (χ1v) is 13.0. The van der Waals surface area contributed by atoms with Crippen LogP contribution in [0.2, 0.25) is 0 Å². The Labute approximate surface area is 181 Å². The summed E-state index contributed by atoms with van der Waals surface area (Å²) >= 11 is 0. The van der Waals surface area contributed by atoms with Gasteiger partial charge < -0.3 is 5.11 Å². The highest BCUT2D eigenvalue weighted by molar-refractivity contribution is 5.23. The average molecular weight is 401 g/mol. The van der Waals surface area contributed by atoms with Gasteiger partial charge in [-0.3, -0.25) is 0 Å². The molecule has 0 bridgehead atoms. The molecule has 0 aromatic rings. The van der Waals surface area contributed by atoms with Crippen molar-refractivity contribution >= 4 is 0 Å². The van der Waals surface area contributed by atoms with Crippen LogP contribution in [-0.2, 0) is 0 Å². The number of fused-ring (bicyclic) bond motifs is 5. The van der Waals surface area contributed by atoms with E-state index in [0.717, 1.165) is 35.5 Å². The smallest absolute Gasteiger partial charge is 0.0467 e. The van der Waals surface area contributed by atoms with E-state index in [1.54, 1.807) is 0 Å². The molecule has 9 atom stereocenters. The fraction of sp³-hybridized carbons (Fsp3) is 0.929. The van der Waals surface area contributed by atoms with Crippen LogP contribution in [0, 0.1) is 57.7 Å². The van der Waals surface area contributed by atoms with Crippen molar-refractivity contribution in [3.63, 3.8) is 0 Å². The minimum Gasteiger partial charge on any atom is -0.396 e. The van der Waals surface area contributed by atoms with Gasteiger partial charge in [0.05, 0.1) is 0 Å². The van der Waals surface area contributed by atoms with Crippen molar-refractivity contribution in [3.8, 4) is 0 Å². The van der Waals surface area contributed by atoms with E-state index in [1.165, 1.54) is 64.2 Å². The maximum absolute atomic E-state index is 10.2.